The maximum Gasteiger partial charge on any atom is 0.253 e. The summed E-state index contributed by atoms with van der Waals surface area (Å²) in [6.45, 7) is 10.6. The average Bonchev–Trinajstić information content (AvgIpc) is 3.13. The summed E-state index contributed by atoms with van der Waals surface area (Å²) in [5.74, 6) is 0.442. The Labute approximate surface area is 177 Å². The molecule has 0 bridgehead atoms. The normalized spacial score (nSPS) is 15.4. The number of hydrogen-bond acceptors (Lipinski definition) is 4. The van der Waals surface area contributed by atoms with Gasteiger partial charge in [0.05, 0.1) is 16.9 Å². The highest BCUT2D eigenvalue weighted by molar-refractivity contribution is 6.00. The predicted octanol–water partition coefficient (Wildman–Crippen LogP) is 4.02. The molecule has 6 nitrogen and oxygen atoms in total. The molecule has 1 N–H and O–H groups in total. The Kier molecular flexibility index (Phi) is 5.68. The smallest absolute Gasteiger partial charge is 0.253 e. The van der Waals surface area contributed by atoms with Crippen LogP contribution in [0.25, 0.3) is 16.8 Å². The summed E-state index contributed by atoms with van der Waals surface area (Å²) in [4.78, 5) is 23.9. The molecule has 156 valence electrons. The first-order chi connectivity index (χ1) is 14.4. The minimum atomic E-state index is -0.0885. The van der Waals surface area contributed by atoms with Crippen LogP contribution in [0.15, 0.2) is 41.7 Å². The van der Waals surface area contributed by atoms with Crippen LogP contribution in [0.3, 0.4) is 0 Å². The lowest BCUT2D eigenvalue weighted by atomic mass is 9.97. The predicted molar refractivity (Wildman–Crippen MR) is 122 cm³/mol. The summed E-state index contributed by atoms with van der Waals surface area (Å²) in [6.07, 6.45) is 6.31. The number of benzene rings is 1. The summed E-state index contributed by atoms with van der Waals surface area (Å²) in [5, 5.41) is 3.12. The number of amides is 1. The van der Waals surface area contributed by atoms with Crippen LogP contribution < -0.4 is 5.32 Å². The Morgan fingerprint density at radius 1 is 1.20 bits per heavy atom. The molecule has 6 heteroatoms. The van der Waals surface area contributed by atoms with E-state index in [-0.39, 0.29) is 5.91 Å². The summed E-state index contributed by atoms with van der Waals surface area (Å²) >= 11 is 0. The van der Waals surface area contributed by atoms with Crippen molar-refractivity contribution in [1.82, 2.24) is 19.6 Å². The van der Waals surface area contributed by atoms with Crippen LogP contribution in [-0.4, -0.2) is 53.6 Å². The Morgan fingerprint density at radius 2 is 1.97 bits per heavy atom. The third-order valence-electron chi connectivity index (χ3n) is 5.99. The number of aromatic nitrogens is 2. The first-order valence-corrected chi connectivity index (χ1v) is 10.5. The molecule has 0 unspecified atom stereocenters. The standard InChI is InChI=1S/C24H29N5O/c1-16-11-20(15-29-14-17(2)27-23(16)29)19-5-6-22(25-3)21(12-19)24(30)26-13-18-7-9-28(4)10-8-18/h5-6,11-12,14-15,18H,3,7-10,13H2,1-2,4H3,(H,26,30). The Morgan fingerprint density at radius 3 is 2.70 bits per heavy atom. The molecule has 2 aromatic heterocycles. The molecule has 0 atom stereocenters. The number of likely N-dealkylation sites (tertiary alicyclic amines) is 1. The van der Waals surface area contributed by atoms with Crippen LogP contribution in [0.4, 0.5) is 5.69 Å². The monoisotopic (exact) mass is 403 g/mol. The zero-order chi connectivity index (χ0) is 21.3. The number of aryl methyl sites for hydroxylation is 2. The van der Waals surface area contributed by atoms with Gasteiger partial charge in [0.15, 0.2) is 0 Å². The minimum Gasteiger partial charge on any atom is -0.352 e. The van der Waals surface area contributed by atoms with Gasteiger partial charge in [0.2, 0.25) is 0 Å². The number of rotatable bonds is 5. The first-order valence-electron chi connectivity index (χ1n) is 10.5. The summed E-state index contributed by atoms with van der Waals surface area (Å²) < 4.78 is 2.04. The van der Waals surface area contributed by atoms with E-state index in [2.05, 4.69) is 53.1 Å². The van der Waals surface area contributed by atoms with Gasteiger partial charge >= 0.3 is 0 Å². The second-order valence-electron chi connectivity index (χ2n) is 8.37. The van der Waals surface area contributed by atoms with Gasteiger partial charge in [-0.05, 0) is 94.4 Å². The number of nitrogens with one attached hydrogen (secondary N) is 1. The van der Waals surface area contributed by atoms with Crippen LogP contribution >= 0.6 is 0 Å². The van der Waals surface area contributed by atoms with E-state index in [4.69, 9.17) is 0 Å². The fourth-order valence-corrected chi connectivity index (χ4v) is 4.18. The molecule has 1 amide bonds. The molecule has 0 spiro atoms. The van der Waals surface area contributed by atoms with Crippen molar-refractivity contribution in [3.05, 3.63) is 53.5 Å². The van der Waals surface area contributed by atoms with Crippen molar-refractivity contribution >= 4 is 24.0 Å². The van der Waals surface area contributed by atoms with Gasteiger partial charge in [-0.3, -0.25) is 9.79 Å². The highest BCUT2D eigenvalue weighted by Gasteiger charge is 2.19. The van der Waals surface area contributed by atoms with Crippen molar-refractivity contribution in [2.45, 2.75) is 26.7 Å². The van der Waals surface area contributed by atoms with Gasteiger partial charge in [0, 0.05) is 18.9 Å². The van der Waals surface area contributed by atoms with E-state index in [1.807, 2.05) is 35.7 Å². The Balaban J connectivity index is 1.59. The van der Waals surface area contributed by atoms with Crippen molar-refractivity contribution < 1.29 is 4.79 Å². The molecule has 4 rings (SSSR count). The number of imidazole rings is 1. The number of carbonyl (C=O) groups is 1. The molecule has 0 radical (unpaired) electrons. The second kappa shape index (κ2) is 8.40. The third-order valence-corrected chi connectivity index (χ3v) is 5.99. The molecule has 1 aromatic carbocycles. The second-order valence-corrected chi connectivity index (χ2v) is 8.37. The average molecular weight is 404 g/mol. The van der Waals surface area contributed by atoms with Gasteiger partial charge < -0.3 is 14.6 Å². The third kappa shape index (κ3) is 4.14. The highest BCUT2D eigenvalue weighted by atomic mass is 16.1. The molecule has 1 fully saturated rings. The molecule has 1 aliphatic rings. The zero-order valence-electron chi connectivity index (χ0n) is 18.0. The van der Waals surface area contributed by atoms with E-state index >= 15 is 0 Å². The molecular formula is C24H29N5O. The van der Waals surface area contributed by atoms with Gasteiger partial charge in [-0.2, -0.15) is 0 Å². The van der Waals surface area contributed by atoms with Crippen molar-refractivity contribution in [3.8, 4) is 11.1 Å². The minimum absolute atomic E-state index is 0.0885. The van der Waals surface area contributed by atoms with Gasteiger partial charge in [0.1, 0.15) is 5.65 Å². The summed E-state index contributed by atoms with van der Waals surface area (Å²) in [5.41, 5.74) is 6.22. The number of hydrogen-bond donors (Lipinski definition) is 1. The maximum atomic E-state index is 13.0. The van der Waals surface area contributed by atoms with Crippen LogP contribution in [0.1, 0.15) is 34.5 Å². The van der Waals surface area contributed by atoms with Crippen LogP contribution in [0.5, 0.6) is 0 Å². The molecule has 30 heavy (non-hydrogen) atoms. The molecule has 0 saturated carbocycles. The first kappa shape index (κ1) is 20.3. The molecule has 0 aliphatic carbocycles. The van der Waals surface area contributed by atoms with E-state index in [0.717, 1.165) is 54.0 Å². The fraction of sp³-hybridized carbons (Fsp3) is 0.375. The van der Waals surface area contributed by atoms with E-state index < -0.39 is 0 Å². The van der Waals surface area contributed by atoms with E-state index in [1.54, 1.807) is 0 Å². The number of pyridine rings is 1. The van der Waals surface area contributed by atoms with Gasteiger partial charge in [-0.1, -0.05) is 6.07 Å². The molecule has 1 aliphatic heterocycles. The lowest BCUT2D eigenvalue weighted by molar-refractivity contribution is 0.0940. The zero-order valence-corrected chi connectivity index (χ0v) is 18.0. The molecule has 1 saturated heterocycles. The highest BCUT2D eigenvalue weighted by Crippen LogP contribution is 2.28. The number of fused-ring (bicyclic) bond motifs is 1. The van der Waals surface area contributed by atoms with Crippen LogP contribution in [0.2, 0.25) is 0 Å². The van der Waals surface area contributed by atoms with Crippen molar-refractivity contribution in [1.29, 1.82) is 0 Å². The van der Waals surface area contributed by atoms with Crippen LogP contribution in [-0.2, 0) is 0 Å². The largest absolute Gasteiger partial charge is 0.352 e. The maximum absolute atomic E-state index is 13.0. The van der Waals surface area contributed by atoms with E-state index in [9.17, 15) is 4.79 Å². The number of aliphatic imine (C=N–C) groups is 1. The lowest BCUT2D eigenvalue weighted by Gasteiger charge is -2.29. The van der Waals surface area contributed by atoms with Crippen LogP contribution in [0, 0.1) is 19.8 Å². The fourth-order valence-electron chi connectivity index (χ4n) is 4.18. The van der Waals surface area contributed by atoms with Gasteiger partial charge in [-0.15, -0.1) is 0 Å². The number of nitrogens with zero attached hydrogens (tertiary/aromatic N) is 4. The quantitative estimate of drug-likeness (QED) is 0.655. The summed E-state index contributed by atoms with van der Waals surface area (Å²) in [6, 6.07) is 7.88. The van der Waals surface area contributed by atoms with Crippen molar-refractivity contribution in [2.75, 3.05) is 26.7 Å². The van der Waals surface area contributed by atoms with Gasteiger partial charge in [0.25, 0.3) is 5.91 Å². The SMILES string of the molecule is C=Nc1ccc(-c2cc(C)c3nc(C)cn3c2)cc1C(=O)NCC1CCN(C)CC1. The summed E-state index contributed by atoms with van der Waals surface area (Å²) in [7, 11) is 2.15. The topological polar surface area (TPSA) is 62.0 Å². The van der Waals surface area contributed by atoms with E-state index in [1.165, 1.54) is 0 Å². The molecular weight excluding hydrogens is 374 g/mol. The Bertz CT molecular complexity index is 1090. The number of carbonyl (C=O) groups excluding carboxylic acids is 1. The van der Waals surface area contributed by atoms with E-state index in [0.29, 0.717) is 23.7 Å². The van der Waals surface area contributed by atoms with Crippen molar-refractivity contribution in [2.24, 2.45) is 10.9 Å². The van der Waals surface area contributed by atoms with Crippen molar-refractivity contribution in [3.63, 3.8) is 0 Å². The van der Waals surface area contributed by atoms with Gasteiger partial charge in [-0.25, -0.2) is 4.98 Å². The number of piperidine rings is 1. The molecule has 3 heterocycles. The molecule has 3 aromatic rings. The lowest BCUT2D eigenvalue weighted by Crippen LogP contribution is -2.36. The Hall–Kier alpha value is -2.99.